The highest BCUT2D eigenvalue weighted by atomic mass is 14.8. The number of benzene rings is 2. The van der Waals surface area contributed by atoms with Gasteiger partial charge in [0.2, 0.25) is 0 Å². The Morgan fingerprint density at radius 1 is 0.842 bits per heavy atom. The van der Waals surface area contributed by atoms with Crippen LogP contribution in [0.15, 0.2) is 36.4 Å². The van der Waals surface area contributed by atoms with Crippen molar-refractivity contribution in [3.8, 4) is 11.1 Å². The molecule has 0 aromatic heterocycles. The highest BCUT2D eigenvalue weighted by molar-refractivity contribution is 5.71. The fraction of sp³-hybridized carbons (Fsp3) is 0.333. The minimum absolute atomic E-state index is 0.930. The summed E-state index contributed by atoms with van der Waals surface area (Å²) in [6, 6.07) is 13.4. The molecular weight excluding hydrogens is 230 g/mol. The van der Waals surface area contributed by atoms with Crippen LogP contribution in [-0.2, 0) is 6.54 Å². The van der Waals surface area contributed by atoms with E-state index in [2.05, 4.69) is 69.4 Å². The van der Waals surface area contributed by atoms with Gasteiger partial charge in [0.05, 0.1) is 0 Å². The lowest BCUT2D eigenvalue weighted by Gasteiger charge is -2.14. The predicted octanol–water partition coefficient (Wildman–Crippen LogP) is 4.39. The third-order valence-corrected chi connectivity index (χ3v) is 3.50. The van der Waals surface area contributed by atoms with Crippen LogP contribution in [0.4, 0.5) is 0 Å². The first kappa shape index (κ1) is 13.8. The van der Waals surface area contributed by atoms with E-state index in [0.29, 0.717) is 0 Å². The second kappa shape index (κ2) is 6.03. The van der Waals surface area contributed by atoms with Crippen molar-refractivity contribution >= 4 is 0 Å². The van der Waals surface area contributed by atoms with Gasteiger partial charge in [-0.3, -0.25) is 0 Å². The van der Waals surface area contributed by atoms with Gasteiger partial charge in [-0.05, 0) is 49.6 Å². The van der Waals surface area contributed by atoms with Crippen LogP contribution in [0, 0.1) is 20.8 Å². The Labute approximate surface area is 116 Å². The number of hydrogen-bond acceptors (Lipinski definition) is 1. The smallest absolute Gasteiger partial charge is 0.0211 e. The molecule has 0 aliphatic heterocycles. The average molecular weight is 253 g/mol. The molecule has 2 aromatic rings. The first-order chi connectivity index (χ1) is 9.11. The summed E-state index contributed by atoms with van der Waals surface area (Å²) in [6.45, 7) is 10.6. The molecular formula is C18H23N. The predicted molar refractivity (Wildman–Crippen MR) is 83.5 cm³/mol. The molecule has 1 nitrogen and oxygen atoms in total. The van der Waals surface area contributed by atoms with Gasteiger partial charge in [-0.15, -0.1) is 0 Å². The van der Waals surface area contributed by atoms with Crippen LogP contribution < -0.4 is 5.32 Å². The molecule has 0 spiro atoms. The second-order valence-corrected chi connectivity index (χ2v) is 5.26. The van der Waals surface area contributed by atoms with Crippen molar-refractivity contribution in [1.82, 2.24) is 5.32 Å². The maximum absolute atomic E-state index is 3.43. The standard InChI is InChI=1S/C18H23N/c1-5-19-12-16-8-6-14(3)11-18(16)17-9-7-13(2)10-15(17)4/h6-11,19H,5,12H2,1-4H3. The monoisotopic (exact) mass is 253 g/mol. The molecule has 2 rings (SSSR count). The number of hydrogen-bond donors (Lipinski definition) is 1. The summed E-state index contributed by atoms with van der Waals surface area (Å²) in [5.41, 5.74) is 8.07. The van der Waals surface area contributed by atoms with Crippen LogP contribution in [0.5, 0.6) is 0 Å². The molecule has 0 heterocycles. The van der Waals surface area contributed by atoms with Crippen LogP contribution in [0.25, 0.3) is 11.1 Å². The second-order valence-electron chi connectivity index (χ2n) is 5.26. The first-order valence-corrected chi connectivity index (χ1v) is 6.99. The summed E-state index contributed by atoms with van der Waals surface area (Å²) >= 11 is 0. The third-order valence-electron chi connectivity index (χ3n) is 3.50. The third kappa shape index (κ3) is 3.24. The summed E-state index contributed by atoms with van der Waals surface area (Å²) in [7, 11) is 0. The zero-order chi connectivity index (χ0) is 13.8. The molecule has 0 bridgehead atoms. The van der Waals surface area contributed by atoms with Gasteiger partial charge in [-0.1, -0.05) is 54.4 Å². The lowest BCUT2D eigenvalue weighted by Crippen LogP contribution is -2.12. The van der Waals surface area contributed by atoms with Gasteiger partial charge in [0.15, 0.2) is 0 Å². The molecule has 0 unspecified atom stereocenters. The van der Waals surface area contributed by atoms with Gasteiger partial charge in [0.1, 0.15) is 0 Å². The van der Waals surface area contributed by atoms with Crippen LogP contribution in [-0.4, -0.2) is 6.54 Å². The molecule has 0 amide bonds. The van der Waals surface area contributed by atoms with E-state index >= 15 is 0 Å². The number of rotatable bonds is 4. The largest absolute Gasteiger partial charge is 0.313 e. The van der Waals surface area contributed by atoms with Gasteiger partial charge in [-0.25, -0.2) is 0 Å². The van der Waals surface area contributed by atoms with Gasteiger partial charge in [0.25, 0.3) is 0 Å². The quantitative estimate of drug-likeness (QED) is 0.852. The van der Waals surface area contributed by atoms with E-state index < -0.39 is 0 Å². The van der Waals surface area contributed by atoms with Crippen molar-refractivity contribution in [2.24, 2.45) is 0 Å². The van der Waals surface area contributed by atoms with Crippen LogP contribution in [0.3, 0.4) is 0 Å². The van der Waals surface area contributed by atoms with E-state index in [1.165, 1.54) is 33.4 Å². The molecule has 0 aliphatic carbocycles. The Bertz CT molecular complexity index is 570. The topological polar surface area (TPSA) is 12.0 Å². The van der Waals surface area contributed by atoms with Crippen molar-refractivity contribution in [3.05, 3.63) is 58.7 Å². The van der Waals surface area contributed by atoms with E-state index in [4.69, 9.17) is 0 Å². The first-order valence-electron chi connectivity index (χ1n) is 6.99. The van der Waals surface area contributed by atoms with Crippen LogP contribution >= 0.6 is 0 Å². The summed E-state index contributed by atoms with van der Waals surface area (Å²) in [6.07, 6.45) is 0. The Balaban J connectivity index is 2.49. The van der Waals surface area contributed by atoms with Crippen LogP contribution in [0.1, 0.15) is 29.2 Å². The van der Waals surface area contributed by atoms with Crippen molar-refractivity contribution in [2.75, 3.05) is 6.54 Å². The summed E-state index contributed by atoms with van der Waals surface area (Å²) in [5, 5.41) is 3.43. The number of aryl methyl sites for hydroxylation is 3. The molecule has 2 aromatic carbocycles. The van der Waals surface area contributed by atoms with Gasteiger partial charge in [0, 0.05) is 6.54 Å². The Hall–Kier alpha value is -1.60. The molecule has 0 atom stereocenters. The molecule has 0 saturated heterocycles. The van der Waals surface area contributed by atoms with Crippen molar-refractivity contribution in [2.45, 2.75) is 34.2 Å². The fourth-order valence-corrected chi connectivity index (χ4v) is 2.47. The maximum atomic E-state index is 3.43. The molecule has 19 heavy (non-hydrogen) atoms. The minimum atomic E-state index is 0.930. The van der Waals surface area contributed by atoms with E-state index in [1.807, 2.05) is 0 Å². The van der Waals surface area contributed by atoms with E-state index in [9.17, 15) is 0 Å². The minimum Gasteiger partial charge on any atom is -0.313 e. The summed E-state index contributed by atoms with van der Waals surface area (Å²) in [5.74, 6) is 0. The van der Waals surface area contributed by atoms with Crippen molar-refractivity contribution < 1.29 is 0 Å². The highest BCUT2D eigenvalue weighted by Gasteiger charge is 2.08. The Morgan fingerprint density at radius 3 is 2.21 bits per heavy atom. The lowest BCUT2D eigenvalue weighted by atomic mass is 9.93. The Kier molecular flexibility index (Phi) is 4.39. The van der Waals surface area contributed by atoms with Gasteiger partial charge < -0.3 is 5.32 Å². The molecule has 100 valence electrons. The fourth-order valence-electron chi connectivity index (χ4n) is 2.47. The van der Waals surface area contributed by atoms with Crippen molar-refractivity contribution in [3.63, 3.8) is 0 Å². The van der Waals surface area contributed by atoms with E-state index in [1.54, 1.807) is 0 Å². The average Bonchev–Trinajstić information content (AvgIpc) is 2.37. The normalized spacial score (nSPS) is 10.7. The lowest BCUT2D eigenvalue weighted by molar-refractivity contribution is 0.727. The van der Waals surface area contributed by atoms with Gasteiger partial charge in [-0.2, -0.15) is 0 Å². The SMILES string of the molecule is CCNCc1ccc(C)cc1-c1ccc(C)cc1C. The highest BCUT2D eigenvalue weighted by Crippen LogP contribution is 2.28. The maximum Gasteiger partial charge on any atom is 0.0211 e. The van der Waals surface area contributed by atoms with E-state index in [0.717, 1.165) is 13.1 Å². The zero-order valence-electron chi connectivity index (χ0n) is 12.4. The van der Waals surface area contributed by atoms with Gasteiger partial charge >= 0.3 is 0 Å². The molecule has 0 radical (unpaired) electrons. The van der Waals surface area contributed by atoms with Crippen molar-refractivity contribution in [1.29, 1.82) is 0 Å². The molecule has 1 N–H and O–H groups in total. The number of nitrogens with one attached hydrogen (secondary N) is 1. The summed E-state index contributed by atoms with van der Waals surface area (Å²) < 4.78 is 0. The summed E-state index contributed by atoms with van der Waals surface area (Å²) in [4.78, 5) is 0. The molecule has 0 aliphatic rings. The molecule has 0 fully saturated rings. The zero-order valence-corrected chi connectivity index (χ0v) is 12.4. The molecule has 0 saturated carbocycles. The molecule has 1 heteroatoms. The Morgan fingerprint density at radius 2 is 1.53 bits per heavy atom. The van der Waals surface area contributed by atoms with Crippen LogP contribution in [0.2, 0.25) is 0 Å². The van der Waals surface area contributed by atoms with E-state index in [-0.39, 0.29) is 0 Å².